The smallest absolute Gasteiger partial charge is 0.244 e. The Balaban J connectivity index is 1.89. The highest BCUT2D eigenvalue weighted by atomic mass is 32.2. The van der Waals surface area contributed by atoms with Crippen LogP contribution in [0.3, 0.4) is 0 Å². The third kappa shape index (κ3) is 2.78. The zero-order valence-corrected chi connectivity index (χ0v) is 12.3. The lowest BCUT2D eigenvalue weighted by atomic mass is 10.2. The molecule has 0 unspecified atom stereocenters. The number of hydrogen-bond acceptors (Lipinski definition) is 5. The van der Waals surface area contributed by atoms with E-state index < -0.39 is 10.0 Å². The molecule has 21 heavy (non-hydrogen) atoms. The molecule has 1 aromatic carbocycles. The molecule has 0 atom stereocenters. The van der Waals surface area contributed by atoms with Crippen molar-refractivity contribution in [2.45, 2.75) is 10.9 Å². The van der Waals surface area contributed by atoms with Gasteiger partial charge in [-0.15, -0.1) is 0 Å². The van der Waals surface area contributed by atoms with Crippen LogP contribution in [0.1, 0.15) is 0 Å². The van der Waals surface area contributed by atoms with E-state index in [9.17, 15) is 8.42 Å². The standard InChI is InChI=1S/C13H16N4O3S/c1-20-13-5-3-2-4-12(13)17-9-11(8-15-17)21(18,19)16-10-6-14-7-10/h2-5,8-10,14,16H,6-7H2,1H3. The zero-order chi connectivity index (χ0) is 14.9. The van der Waals surface area contributed by atoms with Gasteiger partial charge >= 0.3 is 0 Å². The van der Waals surface area contributed by atoms with E-state index in [1.165, 1.54) is 17.1 Å². The minimum absolute atomic E-state index is 0.0513. The molecule has 1 saturated heterocycles. The van der Waals surface area contributed by atoms with Crippen LogP contribution in [0.5, 0.6) is 5.75 Å². The maximum Gasteiger partial charge on any atom is 0.244 e. The van der Waals surface area contributed by atoms with Crippen molar-refractivity contribution < 1.29 is 13.2 Å². The number of hydrogen-bond donors (Lipinski definition) is 2. The maximum absolute atomic E-state index is 12.2. The van der Waals surface area contributed by atoms with Gasteiger partial charge in [0, 0.05) is 19.1 Å². The number of sulfonamides is 1. The first-order chi connectivity index (χ1) is 10.1. The summed E-state index contributed by atoms with van der Waals surface area (Å²) in [7, 11) is -1.98. The summed E-state index contributed by atoms with van der Waals surface area (Å²) in [5.41, 5.74) is 0.687. The third-order valence-electron chi connectivity index (χ3n) is 3.30. The molecule has 0 aliphatic carbocycles. The second kappa shape index (κ2) is 5.47. The van der Waals surface area contributed by atoms with Gasteiger partial charge < -0.3 is 10.1 Å². The van der Waals surface area contributed by atoms with E-state index in [0.29, 0.717) is 24.5 Å². The highest BCUT2D eigenvalue weighted by molar-refractivity contribution is 7.89. The Bertz CT molecular complexity index is 737. The molecule has 3 rings (SSSR count). The van der Waals surface area contributed by atoms with Gasteiger partial charge in [-0.1, -0.05) is 12.1 Å². The highest BCUT2D eigenvalue weighted by Crippen LogP contribution is 2.22. The van der Waals surface area contributed by atoms with Gasteiger partial charge in [0.2, 0.25) is 10.0 Å². The van der Waals surface area contributed by atoms with Crippen molar-refractivity contribution in [3.8, 4) is 11.4 Å². The Hall–Kier alpha value is -1.90. The van der Waals surface area contributed by atoms with E-state index in [1.807, 2.05) is 18.2 Å². The Kier molecular flexibility index (Phi) is 3.66. The number of methoxy groups -OCH3 is 1. The molecule has 8 heteroatoms. The quantitative estimate of drug-likeness (QED) is 0.820. The summed E-state index contributed by atoms with van der Waals surface area (Å²) in [6, 6.07) is 7.24. The molecule has 7 nitrogen and oxygen atoms in total. The van der Waals surface area contributed by atoms with Gasteiger partial charge in [0.25, 0.3) is 0 Å². The van der Waals surface area contributed by atoms with E-state index in [1.54, 1.807) is 13.2 Å². The molecule has 2 aromatic rings. The zero-order valence-electron chi connectivity index (χ0n) is 11.5. The van der Waals surface area contributed by atoms with Crippen molar-refractivity contribution in [1.82, 2.24) is 19.8 Å². The number of ether oxygens (including phenoxy) is 1. The molecular weight excluding hydrogens is 292 g/mol. The van der Waals surface area contributed by atoms with Crippen LogP contribution in [0.15, 0.2) is 41.6 Å². The van der Waals surface area contributed by atoms with Crippen molar-refractivity contribution in [3.05, 3.63) is 36.7 Å². The summed E-state index contributed by atoms with van der Waals surface area (Å²) in [4.78, 5) is 0.139. The predicted octanol–water partition coefficient (Wildman–Crippen LogP) is 0.131. The van der Waals surface area contributed by atoms with E-state index in [-0.39, 0.29) is 10.9 Å². The van der Waals surface area contributed by atoms with Crippen LogP contribution in [0.25, 0.3) is 5.69 Å². The molecule has 2 heterocycles. The largest absolute Gasteiger partial charge is 0.494 e. The maximum atomic E-state index is 12.2. The van der Waals surface area contributed by atoms with E-state index in [4.69, 9.17) is 4.74 Å². The van der Waals surface area contributed by atoms with Crippen molar-refractivity contribution in [2.75, 3.05) is 20.2 Å². The van der Waals surface area contributed by atoms with Crippen LogP contribution >= 0.6 is 0 Å². The van der Waals surface area contributed by atoms with Crippen LogP contribution in [0.2, 0.25) is 0 Å². The van der Waals surface area contributed by atoms with Crippen molar-refractivity contribution >= 4 is 10.0 Å². The summed E-state index contributed by atoms with van der Waals surface area (Å²) >= 11 is 0. The molecule has 2 N–H and O–H groups in total. The number of aromatic nitrogens is 2. The molecule has 0 spiro atoms. The summed E-state index contributed by atoms with van der Waals surface area (Å²) in [5.74, 6) is 0.626. The van der Waals surface area contributed by atoms with Crippen LogP contribution in [-0.2, 0) is 10.0 Å². The van der Waals surface area contributed by atoms with Crippen LogP contribution in [-0.4, -0.2) is 44.4 Å². The predicted molar refractivity (Wildman–Crippen MR) is 77.1 cm³/mol. The van der Waals surface area contributed by atoms with Gasteiger partial charge in [-0.05, 0) is 12.1 Å². The van der Waals surface area contributed by atoms with Crippen LogP contribution < -0.4 is 14.8 Å². The Labute approximate surface area is 123 Å². The average Bonchev–Trinajstić information content (AvgIpc) is 2.93. The number of para-hydroxylation sites is 2. The fourth-order valence-corrected chi connectivity index (χ4v) is 3.22. The third-order valence-corrected chi connectivity index (χ3v) is 4.78. The summed E-state index contributed by atoms with van der Waals surface area (Å²) in [5, 5.41) is 7.13. The monoisotopic (exact) mass is 308 g/mol. The number of rotatable bonds is 5. The van der Waals surface area contributed by atoms with E-state index in [0.717, 1.165) is 0 Å². The normalized spacial score (nSPS) is 15.7. The second-order valence-corrected chi connectivity index (χ2v) is 6.48. The highest BCUT2D eigenvalue weighted by Gasteiger charge is 2.25. The van der Waals surface area contributed by atoms with Crippen molar-refractivity contribution in [3.63, 3.8) is 0 Å². The molecule has 1 fully saturated rings. The van der Waals surface area contributed by atoms with Gasteiger partial charge in [0.15, 0.2) is 0 Å². The number of nitrogens with zero attached hydrogens (tertiary/aromatic N) is 2. The summed E-state index contributed by atoms with van der Waals surface area (Å²) < 4.78 is 33.8. The van der Waals surface area contributed by atoms with E-state index >= 15 is 0 Å². The van der Waals surface area contributed by atoms with Crippen LogP contribution in [0.4, 0.5) is 0 Å². The lowest BCUT2D eigenvalue weighted by Crippen LogP contribution is -2.56. The first-order valence-corrected chi connectivity index (χ1v) is 7.99. The molecule has 1 aromatic heterocycles. The second-order valence-electron chi connectivity index (χ2n) is 4.77. The molecule has 1 aliphatic rings. The summed E-state index contributed by atoms with van der Waals surface area (Å²) in [6.45, 7) is 1.31. The summed E-state index contributed by atoms with van der Waals surface area (Å²) in [6.07, 6.45) is 2.81. The van der Waals surface area contributed by atoms with Gasteiger partial charge in [-0.25, -0.2) is 17.8 Å². The van der Waals surface area contributed by atoms with Gasteiger partial charge in [-0.2, -0.15) is 5.10 Å². The lowest BCUT2D eigenvalue weighted by Gasteiger charge is -2.27. The minimum Gasteiger partial charge on any atom is -0.494 e. The number of benzene rings is 1. The topological polar surface area (TPSA) is 85.2 Å². The molecule has 1 aliphatic heterocycles. The van der Waals surface area contributed by atoms with E-state index in [2.05, 4.69) is 15.1 Å². The van der Waals surface area contributed by atoms with Crippen LogP contribution in [0, 0.1) is 0 Å². The SMILES string of the molecule is COc1ccccc1-n1cc(S(=O)(=O)NC2CNC2)cn1. The fourth-order valence-electron chi connectivity index (χ4n) is 2.06. The molecular formula is C13H16N4O3S. The van der Waals surface area contributed by atoms with Gasteiger partial charge in [0.05, 0.1) is 19.5 Å². The fraction of sp³-hybridized carbons (Fsp3) is 0.308. The molecule has 0 radical (unpaired) electrons. The lowest BCUT2D eigenvalue weighted by molar-refractivity contribution is 0.410. The Morgan fingerprint density at radius 2 is 2.14 bits per heavy atom. The first-order valence-electron chi connectivity index (χ1n) is 6.51. The van der Waals surface area contributed by atoms with Crippen molar-refractivity contribution in [2.24, 2.45) is 0 Å². The Morgan fingerprint density at radius 1 is 1.38 bits per heavy atom. The number of nitrogens with one attached hydrogen (secondary N) is 2. The average molecular weight is 308 g/mol. The first kappa shape index (κ1) is 14.1. The molecule has 0 bridgehead atoms. The minimum atomic E-state index is -3.54. The van der Waals surface area contributed by atoms with Gasteiger partial charge in [-0.3, -0.25) is 0 Å². The molecule has 0 saturated carbocycles. The Morgan fingerprint density at radius 3 is 2.81 bits per heavy atom. The molecule has 0 amide bonds. The van der Waals surface area contributed by atoms with Gasteiger partial charge in [0.1, 0.15) is 16.3 Å². The van der Waals surface area contributed by atoms with Crippen molar-refractivity contribution in [1.29, 1.82) is 0 Å². The molecule has 112 valence electrons.